The minimum absolute atomic E-state index is 0.0997. The highest BCUT2D eigenvalue weighted by molar-refractivity contribution is 7.80. The van der Waals surface area contributed by atoms with Crippen LogP contribution in [0.1, 0.15) is 23.5 Å². The van der Waals surface area contributed by atoms with E-state index in [2.05, 4.69) is 26.3 Å². The third-order valence-corrected chi connectivity index (χ3v) is 6.36. The van der Waals surface area contributed by atoms with Crippen molar-refractivity contribution in [3.8, 4) is 11.4 Å². The molecular formula is C27H25N5O2S. The quantitative estimate of drug-likeness (QED) is 0.378. The molecule has 3 heterocycles. The molecule has 0 spiro atoms. The standard InChI is InChI=1S/C27H25N5O2S/c1-34-21-14-12-20(13-15-21)31-17-7-11-23(31)26-25(22-10-5-6-16-28-22)30-27(35)32(26)18-24(33)29-19-8-3-2-4-9-19/h2-17,25-26H,18H2,1H3,(H,29,33)(H,30,35)/t25-,26+/m0/s1. The molecule has 0 radical (unpaired) electrons. The SMILES string of the molecule is COc1ccc(-n2cccc2[C@@H]2[C@H](c3ccccn3)NC(=S)N2CC(=O)Nc2ccccc2)cc1. The molecule has 5 rings (SSSR count). The number of carbonyl (C=O) groups excluding carboxylic acids is 1. The summed E-state index contributed by atoms with van der Waals surface area (Å²) in [5.41, 5.74) is 3.58. The third kappa shape index (κ3) is 4.74. The van der Waals surface area contributed by atoms with Crippen LogP contribution in [0.2, 0.25) is 0 Å². The Morgan fingerprint density at radius 1 is 1.03 bits per heavy atom. The van der Waals surface area contributed by atoms with Gasteiger partial charge in [-0.25, -0.2) is 0 Å². The summed E-state index contributed by atoms with van der Waals surface area (Å²) in [6, 6.07) is 26.7. The summed E-state index contributed by atoms with van der Waals surface area (Å²) in [5.74, 6) is 0.645. The molecule has 1 aliphatic rings. The number of aromatic nitrogens is 2. The number of ether oxygens (including phenoxy) is 1. The van der Waals surface area contributed by atoms with Gasteiger partial charge in [-0.2, -0.15) is 0 Å². The second kappa shape index (κ2) is 9.99. The zero-order valence-corrected chi connectivity index (χ0v) is 20.0. The van der Waals surface area contributed by atoms with Crippen molar-refractivity contribution in [2.75, 3.05) is 19.0 Å². The molecule has 1 fully saturated rings. The monoisotopic (exact) mass is 483 g/mol. The number of thiocarbonyl (C=S) groups is 1. The van der Waals surface area contributed by atoms with E-state index in [1.165, 1.54) is 0 Å². The first-order valence-electron chi connectivity index (χ1n) is 11.3. The van der Waals surface area contributed by atoms with Crippen LogP contribution < -0.4 is 15.4 Å². The molecule has 0 saturated carbocycles. The third-order valence-electron chi connectivity index (χ3n) is 6.00. The molecule has 0 aliphatic carbocycles. The van der Waals surface area contributed by atoms with E-state index in [4.69, 9.17) is 17.0 Å². The number of methoxy groups -OCH3 is 1. The van der Waals surface area contributed by atoms with E-state index in [1.807, 2.05) is 90.0 Å². The normalized spacial score (nSPS) is 17.2. The van der Waals surface area contributed by atoms with E-state index in [-0.39, 0.29) is 24.5 Å². The number of hydrogen-bond donors (Lipinski definition) is 2. The summed E-state index contributed by atoms with van der Waals surface area (Å²) < 4.78 is 7.43. The first-order valence-corrected chi connectivity index (χ1v) is 11.7. The van der Waals surface area contributed by atoms with Crippen molar-refractivity contribution < 1.29 is 9.53 Å². The maximum Gasteiger partial charge on any atom is 0.244 e. The van der Waals surface area contributed by atoms with Crippen molar-refractivity contribution in [2.45, 2.75) is 12.1 Å². The van der Waals surface area contributed by atoms with Gasteiger partial charge in [0, 0.05) is 29.5 Å². The zero-order chi connectivity index (χ0) is 24.2. The van der Waals surface area contributed by atoms with Gasteiger partial charge >= 0.3 is 0 Å². The van der Waals surface area contributed by atoms with Gasteiger partial charge in [-0.1, -0.05) is 24.3 Å². The fourth-order valence-corrected chi connectivity index (χ4v) is 4.69. The smallest absolute Gasteiger partial charge is 0.244 e. The summed E-state index contributed by atoms with van der Waals surface area (Å²) >= 11 is 5.73. The molecule has 2 aromatic heterocycles. The molecule has 176 valence electrons. The largest absolute Gasteiger partial charge is 0.497 e. The van der Waals surface area contributed by atoms with Crippen LogP contribution >= 0.6 is 12.2 Å². The van der Waals surface area contributed by atoms with Gasteiger partial charge in [-0.15, -0.1) is 0 Å². The van der Waals surface area contributed by atoms with Gasteiger partial charge in [-0.05, 0) is 72.9 Å². The average molecular weight is 484 g/mol. The van der Waals surface area contributed by atoms with E-state index in [1.54, 1.807) is 13.3 Å². The topological polar surface area (TPSA) is 71.4 Å². The first kappa shape index (κ1) is 22.6. The van der Waals surface area contributed by atoms with Gasteiger partial charge in [0.1, 0.15) is 12.3 Å². The summed E-state index contributed by atoms with van der Waals surface area (Å²) in [5, 5.41) is 6.88. The summed E-state index contributed by atoms with van der Waals surface area (Å²) in [7, 11) is 1.65. The second-order valence-electron chi connectivity index (χ2n) is 8.17. The molecule has 0 bridgehead atoms. The zero-order valence-electron chi connectivity index (χ0n) is 19.2. The van der Waals surface area contributed by atoms with Crippen LogP contribution in [0.25, 0.3) is 5.69 Å². The lowest BCUT2D eigenvalue weighted by molar-refractivity contribution is -0.116. The highest BCUT2D eigenvalue weighted by Gasteiger charge is 2.42. The van der Waals surface area contributed by atoms with Crippen LogP contribution in [-0.2, 0) is 4.79 Å². The number of amides is 1. The molecule has 35 heavy (non-hydrogen) atoms. The Bertz CT molecular complexity index is 1310. The fourth-order valence-electron chi connectivity index (χ4n) is 4.39. The maximum absolute atomic E-state index is 13.0. The Kier molecular flexibility index (Phi) is 6.45. The molecule has 8 heteroatoms. The maximum atomic E-state index is 13.0. The number of para-hydroxylation sites is 1. The lowest BCUT2D eigenvalue weighted by Crippen LogP contribution is -2.37. The molecule has 2 N–H and O–H groups in total. The van der Waals surface area contributed by atoms with Gasteiger partial charge in [0.25, 0.3) is 0 Å². The van der Waals surface area contributed by atoms with Gasteiger partial charge in [0.15, 0.2) is 5.11 Å². The molecule has 1 aliphatic heterocycles. The second-order valence-corrected chi connectivity index (χ2v) is 8.56. The van der Waals surface area contributed by atoms with Gasteiger partial charge in [0.2, 0.25) is 5.91 Å². The van der Waals surface area contributed by atoms with Crippen LogP contribution in [0.5, 0.6) is 5.75 Å². The number of rotatable bonds is 7. The number of carbonyl (C=O) groups is 1. The number of nitrogens with one attached hydrogen (secondary N) is 2. The number of hydrogen-bond acceptors (Lipinski definition) is 4. The Labute approximate surface area is 209 Å². The molecule has 0 unspecified atom stereocenters. The minimum atomic E-state index is -0.254. The fraction of sp³-hybridized carbons (Fsp3) is 0.148. The van der Waals surface area contributed by atoms with Crippen LogP contribution in [0, 0.1) is 0 Å². The van der Waals surface area contributed by atoms with Crippen LogP contribution in [0.3, 0.4) is 0 Å². The summed E-state index contributed by atoms with van der Waals surface area (Å²) in [6.45, 7) is 0.0997. The predicted octanol–water partition coefficient (Wildman–Crippen LogP) is 4.49. The van der Waals surface area contributed by atoms with E-state index < -0.39 is 0 Å². The highest BCUT2D eigenvalue weighted by Crippen LogP contribution is 2.39. The van der Waals surface area contributed by atoms with Crippen LogP contribution in [0.4, 0.5) is 5.69 Å². The van der Waals surface area contributed by atoms with Crippen LogP contribution in [-0.4, -0.2) is 39.1 Å². The Morgan fingerprint density at radius 3 is 2.51 bits per heavy atom. The van der Waals surface area contributed by atoms with E-state index in [9.17, 15) is 4.79 Å². The number of anilines is 1. The Morgan fingerprint density at radius 2 is 1.80 bits per heavy atom. The van der Waals surface area contributed by atoms with Crippen LogP contribution in [0.15, 0.2) is 97.3 Å². The molecule has 2 atom stereocenters. The molecule has 1 saturated heterocycles. The lowest BCUT2D eigenvalue weighted by Gasteiger charge is -2.28. The van der Waals surface area contributed by atoms with Gasteiger partial charge in [0.05, 0.1) is 24.9 Å². The minimum Gasteiger partial charge on any atom is -0.497 e. The van der Waals surface area contributed by atoms with Crippen molar-refractivity contribution in [3.63, 3.8) is 0 Å². The molecular weight excluding hydrogens is 458 g/mol. The van der Waals surface area contributed by atoms with Crippen molar-refractivity contribution >= 4 is 28.9 Å². The molecule has 2 aromatic carbocycles. The van der Waals surface area contributed by atoms with Crippen molar-refractivity contribution in [1.29, 1.82) is 0 Å². The van der Waals surface area contributed by atoms with E-state index in [0.717, 1.165) is 28.5 Å². The number of nitrogens with zero attached hydrogens (tertiary/aromatic N) is 3. The molecule has 4 aromatic rings. The van der Waals surface area contributed by atoms with Crippen molar-refractivity contribution in [3.05, 3.63) is 109 Å². The summed E-state index contributed by atoms with van der Waals surface area (Å²) in [4.78, 5) is 19.5. The first-order chi connectivity index (χ1) is 17.1. The molecule has 7 nitrogen and oxygen atoms in total. The van der Waals surface area contributed by atoms with E-state index in [0.29, 0.717) is 5.11 Å². The Hall–Kier alpha value is -4.17. The predicted molar refractivity (Wildman–Crippen MR) is 140 cm³/mol. The van der Waals surface area contributed by atoms with Gasteiger partial charge < -0.3 is 24.8 Å². The highest BCUT2D eigenvalue weighted by atomic mass is 32.1. The number of pyridine rings is 1. The average Bonchev–Trinajstić information content (AvgIpc) is 3.50. The van der Waals surface area contributed by atoms with Gasteiger partial charge in [-0.3, -0.25) is 9.78 Å². The van der Waals surface area contributed by atoms with E-state index >= 15 is 0 Å². The lowest BCUT2D eigenvalue weighted by atomic mass is 10.0. The Balaban J connectivity index is 1.50. The van der Waals surface area contributed by atoms with Crippen molar-refractivity contribution in [2.24, 2.45) is 0 Å². The van der Waals surface area contributed by atoms with Crippen molar-refractivity contribution in [1.82, 2.24) is 19.8 Å². The number of benzene rings is 2. The summed E-state index contributed by atoms with van der Waals surface area (Å²) in [6.07, 6.45) is 3.78. The molecule has 1 amide bonds.